The first-order valence-electron chi connectivity index (χ1n) is 6.30. The van der Waals surface area contributed by atoms with Crippen molar-refractivity contribution in [3.05, 3.63) is 12.5 Å². The van der Waals surface area contributed by atoms with Gasteiger partial charge in [-0.15, -0.1) is 0 Å². The summed E-state index contributed by atoms with van der Waals surface area (Å²) < 4.78 is 1.78. The summed E-state index contributed by atoms with van der Waals surface area (Å²) in [5, 5.41) is 8.44. The number of nitrogens with zero attached hydrogens (tertiary/aromatic N) is 5. The number of anilines is 1. The molecule has 2 heterocycles. The summed E-state index contributed by atoms with van der Waals surface area (Å²) >= 11 is 0. The molecule has 0 saturated heterocycles. The van der Waals surface area contributed by atoms with Gasteiger partial charge in [-0.3, -0.25) is 4.68 Å². The molecule has 0 aliphatic heterocycles. The number of rotatable bonds is 6. The van der Waals surface area contributed by atoms with E-state index in [1.165, 1.54) is 0 Å². The highest BCUT2D eigenvalue weighted by Crippen LogP contribution is 2.21. The van der Waals surface area contributed by atoms with Crippen LogP contribution in [-0.2, 0) is 7.05 Å². The maximum absolute atomic E-state index is 4.43. The SMILES string of the molecule is CCCN(CCNC)c1ncnc2c1cnn2C. The van der Waals surface area contributed by atoms with Gasteiger partial charge < -0.3 is 10.2 Å². The van der Waals surface area contributed by atoms with Crippen LogP contribution in [-0.4, -0.2) is 46.4 Å². The van der Waals surface area contributed by atoms with Gasteiger partial charge in [0.05, 0.1) is 11.6 Å². The second kappa shape index (κ2) is 5.77. The van der Waals surface area contributed by atoms with Crippen molar-refractivity contribution in [2.45, 2.75) is 13.3 Å². The van der Waals surface area contributed by atoms with Crippen LogP contribution in [0.3, 0.4) is 0 Å². The average molecular weight is 248 g/mol. The van der Waals surface area contributed by atoms with Crippen molar-refractivity contribution in [1.82, 2.24) is 25.1 Å². The molecular formula is C12H20N6. The predicted octanol–water partition coefficient (Wildman–Crippen LogP) is 0.799. The molecule has 0 amide bonds. The van der Waals surface area contributed by atoms with E-state index in [0.717, 1.165) is 42.9 Å². The molecule has 2 aromatic rings. The van der Waals surface area contributed by atoms with E-state index < -0.39 is 0 Å². The Hall–Kier alpha value is -1.69. The van der Waals surface area contributed by atoms with Gasteiger partial charge in [0.2, 0.25) is 0 Å². The van der Waals surface area contributed by atoms with E-state index in [1.54, 1.807) is 11.0 Å². The number of hydrogen-bond donors (Lipinski definition) is 1. The minimum absolute atomic E-state index is 0.880. The van der Waals surface area contributed by atoms with Crippen molar-refractivity contribution in [2.75, 3.05) is 31.6 Å². The maximum atomic E-state index is 4.43. The van der Waals surface area contributed by atoms with E-state index in [4.69, 9.17) is 0 Å². The van der Waals surface area contributed by atoms with Crippen LogP contribution in [0.1, 0.15) is 13.3 Å². The third-order valence-electron chi connectivity index (χ3n) is 2.93. The summed E-state index contributed by atoms with van der Waals surface area (Å²) in [5.74, 6) is 0.977. The van der Waals surface area contributed by atoms with Crippen molar-refractivity contribution in [3.63, 3.8) is 0 Å². The Labute approximate surface area is 107 Å². The van der Waals surface area contributed by atoms with Crippen molar-refractivity contribution < 1.29 is 0 Å². The van der Waals surface area contributed by atoms with Crippen molar-refractivity contribution in [1.29, 1.82) is 0 Å². The van der Waals surface area contributed by atoms with Crippen molar-refractivity contribution in [3.8, 4) is 0 Å². The zero-order valence-corrected chi connectivity index (χ0v) is 11.2. The van der Waals surface area contributed by atoms with Crippen LogP contribution in [0.2, 0.25) is 0 Å². The van der Waals surface area contributed by atoms with Gasteiger partial charge in [-0.05, 0) is 13.5 Å². The molecule has 0 radical (unpaired) electrons. The number of nitrogens with one attached hydrogen (secondary N) is 1. The smallest absolute Gasteiger partial charge is 0.163 e. The van der Waals surface area contributed by atoms with E-state index in [-0.39, 0.29) is 0 Å². The molecule has 2 rings (SSSR count). The largest absolute Gasteiger partial charge is 0.355 e. The Morgan fingerprint density at radius 2 is 2.17 bits per heavy atom. The van der Waals surface area contributed by atoms with Crippen LogP contribution in [0.5, 0.6) is 0 Å². The van der Waals surface area contributed by atoms with Gasteiger partial charge in [0, 0.05) is 26.7 Å². The molecule has 0 aliphatic rings. The van der Waals surface area contributed by atoms with Gasteiger partial charge in [0.15, 0.2) is 5.65 Å². The van der Waals surface area contributed by atoms with Gasteiger partial charge in [-0.2, -0.15) is 5.10 Å². The van der Waals surface area contributed by atoms with Crippen LogP contribution in [0.4, 0.5) is 5.82 Å². The molecule has 98 valence electrons. The van der Waals surface area contributed by atoms with Crippen LogP contribution in [0, 0.1) is 0 Å². The van der Waals surface area contributed by atoms with E-state index in [0.29, 0.717) is 0 Å². The second-order valence-corrected chi connectivity index (χ2v) is 4.29. The Morgan fingerprint density at radius 1 is 1.33 bits per heavy atom. The Morgan fingerprint density at radius 3 is 2.89 bits per heavy atom. The summed E-state index contributed by atoms with van der Waals surface area (Å²) in [7, 11) is 3.86. The summed E-state index contributed by atoms with van der Waals surface area (Å²) in [4.78, 5) is 11.0. The number of likely N-dealkylation sites (N-methyl/N-ethyl adjacent to an activating group) is 1. The molecule has 0 atom stereocenters. The third kappa shape index (κ3) is 2.43. The molecule has 0 unspecified atom stereocenters. The van der Waals surface area contributed by atoms with Gasteiger partial charge in [-0.25, -0.2) is 9.97 Å². The third-order valence-corrected chi connectivity index (χ3v) is 2.93. The maximum Gasteiger partial charge on any atom is 0.163 e. The second-order valence-electron chi connectivity index (χ2n) is 4.29. The highest BCUT2D eigenvalue weighted by Gasteiger charge is 2.13. The summed E-state index contributed by atoms with van der Waals surface area (Å²) in [6.45, 7) is 5.04. The standard InChI is InChI=1S/C12H20N6/c1-4-6-18(7-5-13-2)12-10-8-16-17(3)11(10)14-9-15-12/h8-9,13H,4-7H2,1-3H3. The highest BCUT2D eigenvalue weighted by atomic mass is 15.3. The lowest BCUT2D eigenvalue weighted by Gasteiger charge is -2.23. The van der Waals surface area contributed by atoms with Crippen LogP contribution in [0.25, 0.3) is 11.0 Å². The normalized spacial score (nSPS) is 11.1. The number of fused-ring (bicyclic) bond motifs is 1. The van der Waals surface area contributed by atoms with E-state index in [9.17, 15) is 0 Å². The van der Waals surface area contributed by atoms with Crippen LogP contribution < -0.4 is 10.2 Å². The lowest BCUT2D eigenvalue weighted by Crippen LogP contribution is -2.32. The molecule has 0 aromatic carbocycles. The molecule has 0 aliphatic carbocycles. The Kier molecular flexibility index (Phi) is 4.09. The summed E-state index contributed by atoms with van der Waals surface area (Å²) in [6, 6.07) is 0. The molecule has 18 heavy (non-hydrogen) atoms. The zero-order valence-electron chi connectivity index (χ0n) is 11.2. The summed E-state index contributed by atoms with van der Waals surface area (Å²) in [6.07, 6.45) is 4.55. The van der Waals surface area contributed by atoms with Crippen molar-refractivity contribution in [2.24, 2.45) is 7.05 Å². The van der Waals surface area contributed by atoms with Crippen LogP contribution >= 0.6 is 0 Å². The van der Waals surface area contributed by atoms with E-state index in [1.807, 2.05) is 20.3 Å². The van der Waals surface area contributed by atoms with Crippen LogP contribution in [0.15, 0.2) is 12.5 Å². The van der Waals surface area contributed by atoms with Gasteiger partial charge >= 0.3 is 0 Å². The molecule has 0 spiro atoms. The quantitative estimate of drug-likeness (QED) is 0.819. The molecule has 6 nitrogen and oxygen atoms in total. The molecule has 1 N–H and O–H groups in total. The Bertz CT molecular complexity index is 506. The van der Waals surface area contributed by atoms with Crippen molar-refractivity contribution >= 4 is 16.9 Å². The monoisotopic (exact) mass is 248 g/mol. The fourth-order valence-corrected chi connectivity index (χ4v) is 2.04. The lowest BCUT2D eigenvalue weighted by molar-refractivity contribution is 0.704. The fourth-order valence-electron chi connectivity index (χ4n) is 2.04. The highest BCUT2D eigenvalue weighted by molar-refractivity contribution is 5.86. The fraction of sp³-hybridized carbons (Fsp3) is 0.583. The minimum atomic E-state index is 0.880. The Balaban J connectivity index is 2.36. The van der Waals surface area contributed by atoms with Gasteiger partial charge in [0.25, 0.3) is 0 Å². The first kappa shape index (κ1) is 12.8. The molecule has 6 heteroatoms. The molecule has 0 fully saturated rings. The predicted molar refractivity (Wildman–Crippen MR) is 72.7 cm³/mol. The first-order valence-corrected chi connectivity index (χ1v) is 6.30. The molecule has 2 aromatic heterocycles. The molecular weight excluding hydrogens is 228 g/mol. The molecule has 0 saturated carbocycles. The summed E-state index contributed by atoms with van der Waals surface area (Å²) in [5.41, 5.74) is 0.880. The van der Waals surface area contributed by atoms with Gasteiger partial charge in [0.1, 0.15) is 12.1 Å². The number of hydrogen-bond acceptors (Lipinski definition) is 5. The average Bonchev–Trinajstić information content (AvgIpc) is 2.77. The zero-order chi connectivity index (χ0) is 13.0. The lowest BCUT2D eigenvalue weighted by atomic mass is 10.3. The number of aryl methyl sites for hydroxylation is 1. The minimum Gasteiger partial charge on any atom is -0.355 e. The van der Waals surface area contributed by atoms with E-state index in [2.05, 4.69) is 32.2 Å². The molecule has 0 bridgehead atoms. The topological polar surface area (TPSA) is 58.9 Å². The number of aromatic nitrogens is 4. The van der Waals surface area contributed by atoms with E-state index >= 15 is 0 Å². The first-order chi connectivity index (χ1) is 8.77. The van der Waals surface area contributed by atoms with Gasteiger partial charge in [-0.1, -0.05) is 6.92 Å².